The molecule has 0 saturated carbocycles. The van der Waals surface area contributed by atoms with Crippen molar-refractivity contribution in [3.05, 3.63) is 12.2 Å². The molecule has 0 bridgehead atoms. The molecule has 9 heavy (non-hydrogen) atoms. The van der Waals surface area contributed by atoms with Gasteiger partial charge in [0.1, 0.15) is 0 Å². The fraction of sp³-hybridized carbons (Fsp3) is 0.750. The minimum absolute atomic E-state index is 0.743. The lowest BCUT2D eigenvalue weighted by Gasteiger charge is -1.95. The minimum Gasteiger partial charge on any atom is -0.381 e. The number of hydrogen-bond donors (Lipinski definition) is 0. The maximum absolute atomic E-state index is 4.84. The van der Waals surface area contributed by atoms with E-state index >= 15 is 0 Å². The highest BCUT2D eigenvalue weighted by Crippen LogP contribution is 1.98. The largest absolute Gasteiger partial charge is 0.381 e. The molecule has 0 spiro atoms. The Kier molecular flexibility index (Phi) is 5.64. The quantitative estimate of drug-likeness (QED) is 0.527. The lowest BCUT2D eigenvalue weighted by atomic mass is 10.1. The Morgan fingerprint density at radius 2 is 2.00 bits per heavy atom. The third-order valence-electron chi connectivity index (χ3n) is 1.04. The first kappa shape index (κ1) is 8.70. The average molecular weight is 128 g/mol. The van der Waals surface area contributed by atoms with Crippen molar-refractivity contribution < 1.29 is 4.74 Å². The molecule has 0 aliphatic heterocycles. The van der Waals surface area contributed by atoms with Crippen LogP contribution in [0.4, 0.5) is 0 Å². The highest BCUT2D eigenvalue weighted by atomic mass is 16.5. The van der Waals surface area contributed by atoms with Gasteiger partial charge in [-0.05, 0) is 12.3 Å². The van der Waals surface area contributed by atoms with E-state index in [2.05, 4.69) is 26.0 Å². The average Bonchev–Trinajstić information content (AvgIpc) is 1.80. The number of methoxy groups -OCH3 is 1. The van der Waals surface area contributed by atoms with E-state index in [9.17, 15) is 0 Å². The van der Waals surface area contributed by atoms with Crippen LogP contribution in [-0.4, -0.2) is 13.7 Å². The Bertz CT molecular complexity index is 74.6. The zero-order valence-corrected chi connectivity index (χ0v) is 6.55. The molecule has 0 aromatic heterocycles. The first-order valence-corrected chi connectivity index (χ1v) is 3.41. The van der Waals surface area contributed by atoms with E-state index in [0.29, 0.717) is 0 Å². The van der Waals surface area contributed by atoms with E-state index in [0.717, 1.165) is 18.9 Å². The Hall–Kier alpha value is -0.300. The van der Waals surface area contributed by atoms with E-state index in [1.165, 1.54) is 0 Å². The maximum atomic E-state index is 4.84. The smallest absolute Gasteiger partial charge is 0.0643 e. The van der Waals surface area contributed by atoms with Crippen LogP contribution >= 0.6 is 0 Å². The molecule has 0 N–H and O–H groups in total. The van der Waals surface area contributed by atoms with Crippen LogP contribution in [0.2, 0.25) is 0 Å². The topological polar surface area (TPSA) is 9.23 Å². The van der Waals surface area contributed by atoms with Crippen molar-refractivity contribution in [2.24, 2.45) is 5.92 Å². The number of ether oxygens (including phenoxy) is 1. The van der Waals surface area contributed by atoms with Gasteiger partial charge in [0.15, 0.2) is 0 Å². The fourth-order valence-electron chi connectivity index (χ4n) is 0.533. The number of allylic oxidation sites excluding steroid dienone is 1. The summed E-state index contributed by atoms with van der Waals surface area (Å²) < 4.78 is 4.84. The van der Waals surface area contributed by atoms with Gasteiger partial charge in [0.05, 0.1) is 6.61 Å². The van der Waals surface area contributed by atoms with Gasteiger partial charge in [-0.1, -0.05) is 26.0 Å². The SMILES string of the molecule is COCC=CCC(C)C. The lowest BCUT2D eigenvalue weighted by molar-refractivity contribution is 0.233. The van der Waals surface area contributed by atoms with Gasteiger partial charge in [0.2, 0.25) is 0 Å². The van der Waals surface area contributed by atoms with Gasteiger partial charge >= 0.3 is 0 Å². The molecular weight excluding hydrogens is 112 g/mol. The first-order chi connectivity index (χ1) is 4.27. The molecule has 0 heterocycles. The van der Waals surface area contributed by atoms with Crippen molar-refractivity contribution in [1.82, 2.24) is 0 Å². The Labute approximate surface area is 57.7 Å². The van der Waals surface area contributed by atoms with Crippen molar-refractivity contribution >= 4 is 0 Å². The first-order valence-electron chi connectivity index (χ1n) is 3.41. The highest BCUT2D eigenvalue weighted by molar-refractivity contribution is 4.81. The second-order valence-corrected chi connectivity index (χ2v) is 2.56. The molecule has 54 valence electrons. The van der Waals surface area contributed by atoms with Gasteiger partial charge in [0, 0.05) is 7.11 Å². The van der Waals surface area contributed by atoms with Crippen LogP contribution in [0.3, 0.4) is 0 Å². The van der Waals surface area contributed by atoms with Crippen molar-refractivity contribution in [3.8, 4) is 0 Å². The monoisotopic (exact) mass is 128 g/mol. The maximum Gasteiger partial charge on any atom is 0.0643 e. The predicted octanol–water partition coefficient (Wildman–Crippen LogP) is 2.24. The van der Waals surface area contributed by atoms with E-state index in [1.807, 2.05) is 0 Å². The number of hydrogen-bond acceptors (Lipinski definition) is 1. The van der Waals surface area contributed by atoms with Crippen molar-refractivity contribution in [1.29, 1.82) is 0 Å². The lowest BCUT2D eigenvalue weighted by Crippen LogP contribution is -1.84. The van der Waals surface area contributed by atoms with E-state index in [-0.39, 0.29) is 0 Å². The van der Waals surface area contributed by atoms with Gasteiger partial charge in [-0.3, -0.25) is 0 Å². The number of rotatable bonds is 4. The summed E-state index contributed by atoms with van der Waals surface area (Å²) in [5.74, 6) is 0.762. The second-order valence-electron chi connectivity index (χ2n) is 2.56. The Morgan fingerprint density at radius 1 is 1.33 bits per heavy atom. The van der Waals surface area contributed by atoms with Gasteiger partial charge in [-0.25, -0.2) is 0 Å². The molecule has 0 unspecified atom stereocenters. The van der Waals surface area contributed by atoms with Crippen LogP contribution in [0.5, 0.6) is 0 Å². The molecular formula is C8H16O. The molecule has 0 amide bonds. The van der Waals surface area contributed by atoms with Crippen LogP contribution in [0.1, 0.15) is 20.3 Å². The summed E-state index contributed by atoms with van der Waals surface area (Å²) in [6.45, 7) is 5.15. The van der Waals surface area contributed by atoms with Gasteiger partial charge < -0.3 is 4.74 Å². The van der Waals surface area contributed by atoms with Gasteiger partial charge in [-0.2, -0.15) is 0 Å². The summed E-state index contributed by atoms with van der Waals surface area (Å²) in [5, 5.41) is 0. The summed E-state index contributed by atoms with van der Waals surface area (Å²) in [7, 11) is 1.71. The van der Waals surface area contributed by atoms with Crippen LogP contribution in [0, 0.1) is 5.92 Å². The molecule has 1 nitrogen and oxygen atoms in total. The molecule has 0 radical (unpaired) electrons. The zero-order valence-electron chi connectivity index (χ0n) is 6.55. The van der Waals surface area contributed by atoms with Crippen LogP contribution < -0.4 is 0 Å². The highest BCUT2D eigenvalue weighted by Gasteiger charge is 1.85. The van der Waals surface area contributed by atoms with E-state index in [1.54, 1.807) is 7.11 Å². The van der Waals surface area contributed by atoms with Gasteiger partial charge in [0.25, 0.3) is 0 Å². The zero-order chi connectivity index (χ0) is 7.11. The summed E-state index contributed by atoms with van der Waals surface area (Å²) in [6, 6.07) is 0. The summed E-state index contributed by atoms with van der Waals surface area (Å²) in [6.07, 6.45) is 5.37. The summed E-state index contributed by atoms with van der Waals surface area (Å²) in [5.41, 5.74) is 0. The Morgan fingerprint density at radius 3 is 2.44 bits per heavy atom. The Balaban J connectivity index is 3.04. The van der Waals surface area contributed by atoms with E-state index in [4.69, 9.17) is 4.74 Å². The van der Waals surface area contributed by atoms with Gasteiger partial charge in [-0.15, -0.1) is 0 Å². The summed E-state index contributed by atoms with van der Waals surface area (Å²) in [4.78, 5) is 0. The predicted molar refractivity (Wildman–Crippen MR) is 40.5 cm³/mol. The van der Waals surface area contributed by atoms with Crippen LogP contribution in [0.15, 0.2) is 12.2 Å². The third-order valence-corrected chi connectivity index (χ3v) is 1.04. The third kappa shape index (κ3) is 7.70. The fourth-order valence-corrected chi connectivity index (χ4v) is 0.533. The second kappa shape index (κ2) is 5.83. The molecule has 0 aliphatic carbocycles. The van der Waals surface area contributed by atoms with Crippen molar-refractivity contribution in [2.75, 3.05) is 13.7 Å². The minimum atomic E-state index is 0.743. The molecule has 0 aliphatic rings. The normalized spacial score (nSPS) is 11.6. The molecule has 0 rings (SSSR count). The molecule has 0 atom stereocenters. The molecule has 1 heteroatoms. The molecule has 0 fully saturated rings. The summed E-state index contributed by atoms with van der Waals surface area (Å²) >= 11 is 0. The van der Waals surface area contributed by atoms with Crippen molar-refractivity contribution in [3.63, 3.8) is 0 Å². The standard InChI is InChI=1S/C8H16O/c1-8(2)6-4-5-7-9-3/h4-5,8H,6-7H2,1-3H3. The van der Waals surface area contributed by atoms with Crippen LogP contribution in [-0.2, 0) is 4.74 Å². The molecule has 0 saturated heterocycles. The van der Waals surface area contributed by atoms with E-state index < -0.39 is 0 Å². The molecule has 0 aromatic carbocycles. The molecule has 0 aromatic rings. The van der Waals surface area contributed by atoms with Crippen molar-refractivity contribution in [2.45, 2.75) is 20.3 Å². The van der Waals surface area contributed by atoms with Crippen LogP contribution in [0.25, 0.3) is 0 Å².